The van der Waals surface area contributed by atoms with Crippen LogP contribution in [0.1, 0.15) is 67.1 Å². The SMILES string of the molecule is CCCN(CC(=O)N(Cc1cccn1Cc1ccc(Br)cc1)C1CCCCC1)C(=O)c1ccc(F)cc1. The van der Waals surface area contributed by atoms with Gasteiger partial charge in [-0.05, 0) is 73.4 Å². The van der Waals surface area contributed by atoms with Crippen molar-refractivity contribution in [1.82, 2.24) is 14.4 Å². The molecule has 0 spiro atoms. The van der Waals surface area contributed by atoms with Crippen molar-refractivity contribution in [2.45, 2.75) is 64.6 Å². The Morgan fingerprint density at radius 2 is 1.70 bits per heavy atom. The number of halogens is 2. The van der Waals surface area contributed by atoms with Gasteiger partial charge >= 0.3 is 0 Å². The van der Waals surface area contributed by atoms with Crippen LogP contribution in [0.3, 0.4) is 0 Å². The first kappa shape index (κ1) is 27.1. The number of nitrogens with zero attached hydrogens (tertiary/aromatic N) is 3. The molecule has 7 heteroatoms. The molecule has 1 aliphatic carbocycles. The van der Waals surface area contributed by atoms with Crippen LogP contribution in [-0.2, 0) is 17.9 Å². The van der Waals surface area contributed by atoms with Gasteiger partial charge in [-0.2, -0.15) is 0 Å². The number of carbonyl (C=O) groups is 2. The molecule has 0 aliphatic heterocycles. The maximum Gasteiger partial charge on any atom is 0.254 e. The summed E-state index contributed by atoms with van der Waals surface area (Å²) in [6.07, 6.45) is 8.19. The molecule has 1 fully saturated rings. The molecule has 2 aromatic carbocycles. The summed E-state index contributed by atoms with van der Waals surface area (Å²) in [4.78, 5) is 30.6. The fourth-order valence-electron chi connectivity index (χ4n) is 5.07. The van der Waals surface area contributed by atoms with Gasteiger partial charge in [-0.3, -0.25) is 9.59 Å². The molecule has 0 atom stereocenters. The summed E-state index contributed by atoms with van der Waals surface area (Å²) in [5, 5.41) is 0. The lowest BCUT2D eigenvalue weighted by Crippen LogP contribution is -2.47. The van der Waals surface area contributed by atoms with Crippen molar-refractivity contribution >= 4 is 27.7 Å². The molecular weight excluding hydrogens is 533 g/mol. The molecule has 1 aliphatic rings. The smallest absolute Gasteiger partial charge is 0.254 e. The van der Waals surface area contributed by atoms with E-state index in [9.17, 15) is 14.0 Å². The van der Waals surface area contributed by atoms with Crippen LogP contribution in [0, 0.1) is 5.82 Å². The van der Waals surface area contributed by atoms with Crippen molar-refractivity contribution in [2.75, 3.05) is 13.1 Å². The van der Waals surface area contributed by atoms with Crippen LogP contribution in [0.4, 0.5) is 4.39 Å². The summed E-state index contributed by atoms with van der Waals surface area (Å²) < 4.78 is 16.6. The summed E-state index contributed by atoms with van der Waals surface area (Å²) >= 11 is 3.49. The fraction of sp³-hybridized carbons (Fsp3) is 0.400. The largest absolute Gasteiger partial charge is 0.345 e. The van der Waals surface area contributed by atoms with Crippen LogP contribution >= 0.6 is 15.9 Å². The molecule has 1 aromatic heterocycles. The molecule has 0 radical (unpaired) electrons. The number of rotatable bonds is 10. The molecule has 5 nitrogen and oxygen atoms in total. The lowest BCUT2D eigenvalue weighted by atomic mass is 9.94. The van der Waals surface area contributed by atoms with Gasteiger partial charge < -0.3 is 14.4 Å². The highest BCUT2D eigenvalue weighted by molar-refractivity contribution is 9.10. The quantitative estimate of drug-likeness (QED) is 0.275. The molecule has 37 heavy (non-hydrogen) atoms. The zero-order valence-corrected chi connectivity index (χ0v) is 23.0. The van der Waals surface area contributed by atoms with E-state index in [0.29, 0.717) is 18.7 Å². The monoisotopic (exact) mass is 567 g/mol. The average molecular weight is 569 g/mol. The van der Waals surface area contributed by atoms with Gasteiger partial charge in [0, 0.05) is 41.1 Å². The minimum absolute atomic E-state index is 0.0218. The number of hydrogen-bond acceptors (Lipinski definition) is 2. The number of amides is 2. The third-order valence-corrected chi connectivity index (χ3v) is 7.58. The van der Waals surface area contributed by atoms with Gasteiger partial charge in [-0.1, -0.05) is 54.2 Å². The van der Waals surface area contributed by atoms with E-state index in [1.54, 1.807) is 4.90 Å². The van der Waals surface area contributed by atoms with E-state index >= 15 is 0 Å². The summed E-state index contributed by atoms with van der Waals surface area (Å²) in [5.41, 5.74) is 2.67. The van der Waals surface area contributed by atoms with Crippen LogP contribution in [0.5, 0.6) is 0 Å². The Morgan fingerprint density at radius 1 is 1.00 bits per heavy atom. The molecule has 196 valence electrons. The summed E-state index contributed by atoms with van der Waals surface area (Å²) in [7, 11) is 0. The standard InChI is InChI=1S/C30H35BrFN3O2/c1-2-18-34(30(37)24-12-16-26(32)17-13-24)22-29(36)35(27-7-4-3-5-8-27)21-28-9-6-19-33(28)20-23-10-14-25(31)15-11-23/h6,9-17,19,27H,2-5,7-8,18,20-22H2,1H3. The minimum atomic E-state index is -0.385. The summed E-state index contributed by atoms with van der Waals surface area (Å²) in [5.74, 6) is -0.658. The van der Waals surface area contributed by atoms with Gasteiger partial charge in [-0.15, -0.1) is 0 Å². The second kappa shape index (κ2) is 13.0. The molecule has 1 saturated carbocycles. The maximum atomic E-state index is 13.8. The van der Waals surface area contributed by atoms with Crippen LogP contribution in [0.25, 0.3) is 0 Å². The van der Waals surface area contributed by atoms with Crippen molar-refractivity contribution in [3.8, 4) is 0 Å². The van der Waals surface area contributed by atoms with E-state index in [1.807, 2.05) is 30.0 Å². The molecule has 0 bridgehead atoms. The Bertz CT molecular complexity index is 1170. The van der Waals surface area contributed by atoms with Gasteiger partial charge in [0.25, 0.3) is 5.91 Å². The molecule has 4 rings (SSSR count). The first-order chi connectivity index (χ1) is 17.9. The zero-order chi connectivity index (χ0) is 26.2. The highest BCUT2D eigenvalue weighted by atomic mass is 79.9. The Hall–Kier alpha value is -2.93. The highest BCUT2D eigenvalue weighted by Crippen LogP contribution is 2.25. The first-order valence-corrected chi connectivity index (χ1v) is 14.0. The molecule has 0 unspecified atom stereocenters. The average Bonchev–Trinajstić information content (AvgIpc) is 3.35. The van der Waals surface area contributed by atoms with Crippen LogP contribution < -0.4 is 0 Å². The topological polar surface area (TPSA) is 45.6 Å². The number of hydrogen-bond donors (Lipinski definition) is 0. The molecule has 2 amide bonds. The molecule has 3 aromatic rings. The van der Waals surface area contributed by atoms with Gasteiger partial charge in [0.1, 0.15) is 12.4 Å². The van der Waals surface area contributed by atoms with E-state index in [0.717, 1.165) is 48.8 Å². The number of aromatic nitrogens is 1. The van der Waals surface area contributed by atoms with E-state index in [1.165, 1.54) is 36.2 Å². The lowest BCUT2D eigenvalue weighted by molar-refractivity contribution is -0.135. The first-order valence-electron chi connectivity index (χ1n) is 13.2. The Kier molecular flexibility index (Phi) is 9.56. The maximum absolute atomic E-state index is 13.8. The third kappa shape index (κ3) is 7.31. The zero-order valence-electron chi connectivity index (χ0n) is 21.4. The normalized spacial score (nSPS) is 13.9. The van der Waals surface area contributed by atoms with Crippen LogP contribution in [0.2, 0.25) is 0 Å². The highest BCUT2D eigenvalue weighted by Gasteiger charge is 2.29. The van der Waals surface area contributed by atoms with Crippen molar-refractivity contribution < 1.29 is 14.0 Å². The lowest BCUT2D eigenvalue weighted by Gasteiger charge is -2.36. The molecular formula is C30H35BrFN3O2. The third-order valence-electron chi connectivity index (χ3n) is 7.06. The van der Waals surface area contributed by atoms with E-state index in [4.69, 9.17) is 0 Å². The van der Waals surface area contributed by atoms with Crippen molar-refractivity contribution in [1.29, 1.82) is 0 Å². The van der Waals surface area contributed by atoms with E-state index in [-0.39, 0.29) is 30.2 Å². The Morgan fingerprint density at radius 3 is 2.38 bits per heavy atom. The molecule has 1 heterocycles. The molecule has 0 saturated heterocycles. The molecule has 0 N–H and O–H groups in total. The Labute approximate surface area is 227 Å². The van der Waals surface area contributed by atoms with Gasteiger partial charge in [0.05, 0.1) is 6.54 Å². The summed E-state index contributed by atoms with van der Waals surface area (Å²) in [6, 6.07) is 18.1. The van der Waals surface area contributed by atoms with Gasteiger partial charge in [0.15, 0.2) is 0 Å². The van der Waals surface area contributed by atoms with Gasteiger partial charge in [-0.25, -0.2) is 4.39 Å². The second-order valence-corrected chi connectivity index (χ2v) is 10.7. The second-order valence-electron chi connectivity index (χ2n) is 9.80. The van der Waals surface area contributed by atoms with Crippen LogP contribution in [0.15, 0.2) is 71.3 Å². The van der Waals surface area contributed by atoms with Crippen molar-refractivity contribution in [3.63, 3.8) is 0 Å². The predicted molar refractivity (Wildman–Crippen MR) is 148 cm³/mol. The summed E-state index contributed by atoms with van der Waals surface area (Å²) in [6.45, 7) is 3.72. The van der Waals surface area contributed by atoms with Gasteiger partial charge in [0.2, 0.25) is 5.91 Å². The predicted octanol–water partition coefficient (Wildman–Crippen LogP) is 6.65. The van der Waals surface area contributed by atoms with Crippen molar-refractivity contribution in [3.05, 3.63) is 94.0 Å². The van der Waals surface area contributed by atoms with Crippen LogP contribution in [-0.4, -0.2) is 45.3 Å². The number of benzene rings is 2. The van der Waals surface area contributed by atoms with Crippen molar-refractivity contribution in [2.24, 2.45) is 0 Å². The number of carbonyl (C=O) groups excluding carboxylic acids is 2. The fourth-order valence-corrected chi connectivity index (χ4v) is 5.34. The Balaban J connectivity index is 1.53. The minimum Gasteiger partial charge on any atom is -0.345 e. The van der Waals surface area contributed by atoms with E-state index < -0.39 is 0 Å². The van der Waals surface area contributed by atoms with E-state index in [2.05, 4.69) is 44.9 Å².